The van der Waals surface area contributed by atoms with Crippen LogP contribution < -0.4 is 9.47 Å². The lowest BCUT2D eigenvalue weighted by atomic mass is 10.1. The van der Waals surface area contributed by atoms with Crippen LogP contribution in [0.5, 0.6) is 23.0 Å². The van der Waals surface area contributed by atoms with Crippen molar-refractivity contribution < 1.29 is 19.7 Å². The highest BCUT2D eigenvalue weighted by molar-refractivity contribution is 5.72. The van der Waals surface area contributed by atoms with Crippen molar-refractivity contribution in [3.05, 3.63) is 66.7 Å². The predicted molar refractivity (Wildman–Crippen MR) is 177 cm³/mol. The zero-order chi connectivity index (χ0) is 31.0. The summed E-state index contributed by atoms with van der Waals surface area (Å²) < 4.78 is 11.8. The lowest BCUT2D eigenvalue weighted by Crippen LogP contribution is -2.01. The van der Waals surface area contributed by atoms with Crippen molar-refractivity contribution in [2.45, 2.75) is 90.9 Å². The van der Waals surface area contributed by atoms with Gasteiger partial charge in [-0.25, -0.2) is 15.0 Å². The van der Waals surface area contributed by atoms with Crippen LogP contribution in [0, 0.1) is 0 Å². The third-order valence-electron chi connectivity index (χ3n) is 7.62. The number of phenolic OH excluding ortho intramolecular Hbond substituents is 2. The average molecular weight is 598 g/mol. The fraction of sp³-hybridized carbons (Fsp3) is 0.432. The number of aromatic nitrogens is 3. The van der Waals surface area contributed by atoms with E-state index in [1.54, 1.807) is 24.3 Å². The SMILES string of the molecule is CCCCCCCCOc1ccc(-c2nc(-c3ccccc3)nc(-c3ccc(OCCCCCCCC)cc3O)n2)c(O)c1. The Bertz CT molecular complexity index is 1340. The molecule has 2 N–H and O–H groups in total. The number of unbranched alkanes of at least 4 members (excludes halogenated alkanes) is 10. The summed E-state index contributed by atoms with van der Waals surface area (Å²) in [6.07, 6.45) is 14.2. The van der Waals surface area contributed by atoms with Gasteiger partial charge in [-0.3, -0.25) is 0 Å². The molecule has 1 heterocycles. The number of aromatic hydroxyl groups is 2. The Morgan fingerprint density at radius 2 is 0.932 bits per heavy atom. The van der Waals surface area contributed by atoms with Crippen LogP contribution >= 0.6 is 0 Å². The number of hydrogen-bond donors (Lipinski definition) is 2. The van der Waals surface area contributed by atoms with Gasteiger partial charge in [-0.1, -0.05) is 108 Å². The summed E-state index contributed by atoms with van der Waals surface area (Å²) in [6, 6.07) is 20.0. The normalized spacial score (nSPS) is 11.0. The monoisotopic (exact) mass is 597 g/mol. The quantitative estimate of drug-likeness (QED) is 0.104. The third-order valence-corrected chi connectivity index (χ3v) is 7.62. The van der Waals surface area contributed by atoms with Gasteiger partial charge in [0.2, 0.25) is 0 Å². The number of rotatable bonds is 19. The maximum Gasteiger partial charge on any atom is 0.167 e. The maximum absolute atomic E-state index is 11.0. The van der Waals surface area contributed by atoms with Gasteiger partial charge in [-0.15, -0.1) is 0 Å². The molecule has 0 unspecified atom stereocenters. The standard InChI is InChI=1S/C37H47N3O4/c1-3-5-7-9-11-16-24-43-29-20-22-31(33(41)26-29)36-38-35(28-18-14-13-15-19-28)39-37(40-36)32-23-21-30(27-34(32)42)44-25-17-12-10-8-6-4-2/h13-15,18-23,26-27,41-42H,3-12,16-17,24-25H2,1-2H3. The predicted octanol–water partition coefficient (Wildman–Crippen LogP) is 9.76. The van der Waals surface area contributed by atoms with E-state index in [4.69, 9.17) is 19.4 Å². The van der Waals surface area contributed by atoms with Crippen molar-refractivity contribution >= 4 is 0 Å². The lowest BCUT2D eigenvalue weighted by Gasteiger charge is -2.12. The van der Waals surface area contributed by atoms with Gasteiger partial charge in [0.15, 0.2) is 17.5 Å². The van der Waals surface area contributed by atoms with E-state index >= 15 is 0 Å². The van der Waals surface area contributed by atoms with Gasteiger partial charge in [0, 0.05) is 17.7 Å². The van der Waals surface area contributed by atoms with Crippen molar-refractivity contribution in [1.82, 2.24) is 15.0 Å². The first-order chi connectivity index (χ1) is 21.6. The first kappa shape index (κ1) is 32.8. The smallest absolute Gasteiger partial charge is 0.167 e. The van der Waals surface area contributed by atoms with Gasteiger partial charge >= 0.3 is 0 Å². The molecule has 234 valence electrons. The molecule has 0 fully saturated rings. The first-order valence-corrected chi connectivity index (χ1v) is 16.3. The highest BCUT2D eigenvalue weighted by atomic mass is 16.5. The molecule has 0 bridgehead atoms. The first-order valence-electron chi connectivity index (χ1n) is 16.3. The van der Waals surface area contributed by atoms with Crippen LogP contribution in [-0.2, 0) is 0 Å². The highest BCUT2D eigenvalue weighted by Gasteiger charge is 2.17. The van der Waals surface area contributed by atoms with Crippen molar-refractivity contribution in [3.63, 3.8) is 0 Å². The van der Waals surface area contributed by atoms with Crippen LogP contribution in [-0.4, -0.2) is 38.4 Å². The van der Waals surface area contributed by atoms with E-state index in [0.29, 0.717) is 53.3 Å². The highest BCUT2D eigenvalue weighted by Crippen LogP contribution is 2.35. The molecule has 0 aliphatic carbocycles. The minimum absolute atomic E-state index is 0.0178. The number of hydrogen-bond acceptors (Lipinski definition) is 7. The Balaban J connectivity index is 1.50. The molecule has 0 aliphatic heterocycles. The molecular weight excluding hydrogens is 550 g/mol. The second-order valence-corrected chi connectivity index (χ2v) is 11.3. The van der Waals surface area contributed by atoms with E-state index in [-0.39, 0.29) is 11.5 Å². The fourth-order valence-electron chi connectivity index (χ4n) is 5.06. The van der Waals surface area contributed by atoms with Crippen LogP contribution in [0.1, 0.15) is 90.9 Å². The van der Waals surface area contributed by atoms with E-state index in [1.807, 2.05) is 42.5 Å². The molecule has 0 aliphatic rings. The Kier molecular flexibility index (Phi) is 13.3. The summed E-state index contributed by atoms with van der Waals surface area (Å²) in [6.45, 7) is 5.65. The van der Waals surface area contributed by atoms with Crippen LogP contribution in [0.2, 0.25) is 0 Å². The Labute approximate surface area is 262 Å². The molecule has 7 heteroatoms. The van der Waals surface area contributed by atoms with Crippen molar-refractivity contribution in [1.29, 1.82) is 0 Å². The second kappa shape index (κ2) is 17.9. The van der Waals surface area contributed by atoms with Gasteiger partial charge in [-0.2, -0.15) is 0 Å². The van der Waals surface area contributed by atoms with E-state index in [9.17, 15) is 10.2 Å². The van der Waals surface area contributed by atoms with Crippen molar-refractivity contribution in [3.8, 4) is 57.2 Å². The van der Waals surface area contributed by atoms with E-state index < -0.39 is 0 Å². The summed E-state index contributed by atoms with van der Waals surface area (Å²) in [4.78, 5) is 14.1. The lowest BCUT2D eigenvalue weighted by molar-refractivity contribution is 0.302. The minimum Gasteiger partial charge on any atom is -0.507 e. The van der Waals surface area contributed by atoms with E-state index in [1.165, 1.54) is 51.4 Å². The van der Waals surface area contributed by atoms with Gasteiger partial charge in [0.1, 0.15) is 23.0 Å². The van der Waals surface area contributed by atoms with Crippen molar-refractivity contribution in [2.75, 3.05) is 13.2 Å². The van der Waals surface area contributed by atoms with Crippen molar-refractivity contribution in [2.24, 2.45) is 0 Å². The third kappa shape index (κ3) is 9.97. The van der Waals surface area contributed by atoms with Crippen LogP contribution in [0.15, 0.2) is 66.7 Å². The zero-order valence-electron chi connectivity index (χ0n) is 26.3. The fourth-order valence-corrected chi connectivity index (χ4v) is 5.06. The Morgan fingerprint density at radius 1 is 0.500 bits per heavy atom. The molecule has 0 amide bonds. The number of nitrogens with zero attached hydrogens (tertiary/aromatic N) is 3. The van der Waals surface area contributed by atoms with E-state index in [2.05, 4.69) is 18.8 Å². The van der Waals surface area contributed by atoms with Crippen LogP contribution in [0.3, 0.4) is 0 Å². The van der Waals surface area contributed by atoms with Gasteiger partial charge in [0.25, 0.3) is 0 Å². The summed E-state index contributed by atoms with van der Waals surface area (Å²) in [5, 5.41) is 22.0. The molecule has 7 nitrogen and oxygen atoms in total. The summed E-state index contributed by atoms with van der Waals surface area (Å²) in [5.41, 5.74) is 1.71. The van der Waals surface area contributed by atoms with Crippen LogP contribution in [0.25, 0.3) is 34.2 Å². The number of benzene rings is 3. The summed E-state index contributed by atoms with van der Waals surface area (Å²) >= 11 is 0. The molecule has 1 aromatic heterocycles. The molecule has 44 heavy (non-hydrogen) atoms. The van der Waals surface area contributed by atoms with Gasteiger partial charge in [-0.05, 0) is 37.1 Å². The largest absolute Gasteiger partial charge is 0.507 e. The Morgan fingerprint density at radius 3 is 1.39 bits per heavy atom. The molecule has 0 saturated carbocycles. The molecular formula is C37H47N3O4. The molecule has 4 aromatic rings. The molecule has 0 saturated heterocycles. The average Bonchev–Trinajstić information content (AvgIpc) is 3.04. The van der Waals surface area contributed by atoms with E-state index in [0.717, 1.165) is 31.2 Å². The zero-order valence-corrected chi connectivity index (χ0v) is 26.3. The summed E-state index contributed by atoms with van der Waals surface area (Å²) in [7, 11) is 0. The number of phenols is 2. The molecule has 4 rings (SSSR count). The van der Waals surface area contributed by atoms with Crippen LogP contribution in [0.4, 0.5) is 0 Å². The minimum atomic E-state index is 0.0178. The summed E-state index contributed by atoms with van der Waals surface area (Å²) in [5.74, 6) is 2.29. The topological polar surface area (TPSA) is 97.6 Å². The molecule has 0 radical (unpaired) electrons. The maximum atomic E-state index is 11.0. The molecule has 0 atom stereocenters. The van der Waals surface area contributed by atoms with Gasteiger partial charge in [0.05, 0.1) is 24.3 Å². The second-order valence-electron chi connectivity index (χ2n) is 11.3. The number of ether oxygens (including phenoxy) is 2. The Hall–Kier alpha value is -4.13. The molecule has 0 spiro atoms. The molecule has 3 aromatic carbocycles. The van der Waals surface area contributed by atoms with Gasteiger partial charge < -0.3 is 19.7 Å².